The minimum absolute atomic E-state index is 0.205. The van der Waals surface area contributed by atoms with Crippen molar-refractivity contribution in [3.63, 3.8) is 0 Å². The van der Waals surface area contributed by atoms with E-state index in [0.29, 0.717) is 12.1 Å². The van der Waals surface area contributed by atoms with Crippen LogP contribution in [0.4, 0.5) is 5.69 Å². The van der Waals surface area contributed by atoms with Crippen molar-refractivity contribution in [3.05, 3.63) is 29.3 Å². The summed E-state index contributed by atoms with van der Waals surface area (Å²) in [5.41, 5.74) is 4.71. The first-order valence-corrected chi connectivity index (χ1v) is 9.64. The highest BCUT2D eigenvalue weighted by Crippen LogP contribution is 2.29. The number of aryl methyl sites for hydroxylation is 1. The Balaban J connectivity index is 1.60. The summed E-state index contributed by atoms with van der Waals surface area (Å²) in [5, 5.41) is 11.2. The highest BCUT2D eigenvalue weighted by molar-refractivity contribution is 5.54. The molecule has 1 saturated heterocycles. The van der Waals surface area contributed by atoms with Crippen LogP contribution in [0.15, 0.2) is 18.2 Å². The molecule has 0 aliphatic carbocycles. The van der Waals surface area contributed by atoms with Crippen LogP contribution in [0.5, 0.6) is 0 Å². The third kappa shape index (κ3) is 4.52. The molecule has 0 saturated carbocycles. The number of piperidine rings is 1. The van der Waals surface area contributed by atoms with Crippen LogP contribution < -0.4 is 16.0 Å². The second kappa shape index (κ2) is 6.68. The molecule has 0 amide bonds. The lowest BCUT2D eigenvalue weighted by molar-refractivity contribution is 0.141. The van der Waals surface area contributed by atoms with E-state index in [1.165, 1.54) is 42.5 Å². The van der Waals surface area contributed by atoms with Crippen LogP contribution in [0.25, 0.3) is 0 Å². The first-order valence-electron chi connectivity index (χ1n) is 9.64. The summed E-state index contributed by atoms with van der Waals surface area (Å²) in [4.78, 5) is 0. The van der Waals surface area contributed by atoms with Crippen LogP contribution in [-0.2, 0) is 12.8 Å². The van der Waals surface area contributed by atoms with Gasteiger partial charge in [0.05, 0.1) is 0 Å². The lowest BCUT2D eigenvalue weighted by atomic mass is 9.79. The fourth-order valence-electron chi connectivity index (χ4n) is 4.91. The lowest BCUT2D eigenvalue weighted by Crippen LogP contribution is -2.62. The molecule has 1 aromatic carbocycles. The molecule has 0 radical (unpaired) electrons. The van der Waals surface area contributed by atoms with E-state index < -0.39 is 0 Å². The topological polar surface area (TPSA) is 36.1 Å². The van der Waals surface area contributed by atoms with Crippen molar-refractivity contribution in [2.24, 2.45) is 0 Å². The Hall–Kier alpha value is -1.06. The zero-order valence-corrected chi connectivity index (χ0v) is 16.1. The average molecular weight is 330 g/mol. The van der Waals surface area contributed by atoms with Gasteiger partial charge in [-0.15, -0.1) is 0 Å². The molecule has 24 heavy (non-hydrogen) atoms. The molecule has 2 aliphatic rings. The minimum Gasteiger partial charge on any atom is -0.385 e. The van der Waals surface area contributed by atoms with Crippen molar-refractivity contribution in [1.82, 2.24) is 10.6 Å². The molecule has 2 aliphatic heterocycles. The number of nitrogens with one attached hydrogen (secondary N) is 3. The van der Waals surface area contributed by atoms with Crippen molar-refractivity contribution < 1.29 is 0 Å². The summed E-state index contributed by atoms with van der Waals surface area (Å²) in [6.07, 6.45) is 5.96. The van der Waals surface area contributed by atoms with Crippen molar-refractivity contribution in [2.75, 3.05) is 11.9 Å². The minimum atomic E-state index is 0.205. The van der Waals surface area contributed by atoms with E-state index in [1.54, 1.807) is 0 Å². The van der Waals surface area contributed by atoms with Gasteiger partial charge in [-0.2, -0.15) is 0 Å². The van der Waals surface area contributed by atoms with Gasteiger partial charge in [-0.25, -0.2) is 0 Å². The van der Waals surface area contributed by atoms with Gasteiger partial charge in [0.1, 0.15) is 0 Å². The maximum absolute atomic E-state index is 3.90. The molecular formula is C21H35N3. The molecule has 134 valence electrons. The highest BCUT2D eigenvalue weighted by Gasteiger charge is 2.37. The summed E-state index contributed by atoms with van der Waals surface area (Å²) >= 11 is 0. The first kappa shape index (κ1) is 17.8. The fraction of sp³-hybridized carbons (Fsp3) is 0.714. The van der Waals surface area contributed by atoms with Gasteiger partial charge < -0.3 is 16.0 Å². The number of benzene rings is 1. The second-order valence-corrected chi connectivity index (χ2v) is 9.29. The van der Waals surface area contributed by atoms with Gasteiger partial charge in [0, 0.05) is 35.4 Å². The maximum atomic E-state index is 3.90. The molecule has 1 aromatic rings. The smallest absolute Gasteiger partial charge is 0.0372 e. The first-order chi connectivity index (χ1) is 11.2. The molecule has 1 unspecified atom stereocenters. The van der Waals surface area contributed by atoms with Crippen LogP contribution in [-0.4, -0.2) is 29.7 Å². The molecule has 3 rings (SSSR count). The van der Waals surface area contributed by atoms with Gasteiger partial charge in [-0.1, -0.05) is 12.1 Å². The molecule has 2 heterocycles. The number of anilines is 1. The van der Waals surface area contributed by atoms with E-state index in [1.807, 2.05) is 0 Å². The third-order valence-electron chi connectivity index (χ3n) is 5.36. The molecule has 1 atom stereocenters. The van der Waals surface area contributed by atoms with Crippen LogP contribution in [0.2, 0.25) is 0 Å². The van der Waals surface area contributed by atoms with E-state index in [-0.39, 0.29) is 11.1 Å². The van der Waals surface area contributed by atoms with Gasteiger partial charge in [-0.05, 0) is 83.9 Å². The number of rotatable bonds is 4. The van der Waals surface area contributed by atoms with Crippen molar-refractivity contribution in [3.8, 4) is 0 Å². The summed E-state index contributed by atoms with van der Waals surface area (Å²) in [7, 11) is 0. The Kier molecular flexibility index (Phi) is 4.94. The standard InChI is InChI=1S/C21H35N3/c1-15(23-18-13-20(2,3)24-21(4,5)14-18)11-16-8-9-19-17(12-16)7-6-10-22-19/h8-9,12,15,18,22-24H,6-7,10-11,13-14H2,1-5H3. The molecule has 0 bridgehead atoms. The third-order valence-corrected chi connectivity index (χ3v) is 5.36. The SMILES string of the molecule is CC(Cc1ccc2c(c1)CCCN2)NC1CC(C)(C)NC(C)(C)C1. The molecule has 3 N–H and O–H groups in total. The van der Waals surface area contributed by atoms with Crippen molar-refractivity contribution in [1.29, 1.82) is 0 Å². The number of fused-ring (bicyclic) bond motifs is 1. The van der Waals surface area contributed by atoms with Gasteiger partial charge in [0.25, 0.3) is 0 Å². The Morgan fingerprint density at radius 1 is 1.17 bits per heavy atom. The summed E-state index contributed by atoms with van der Waals surface area (Å²) in [6.45, 7) is 12.7. The van der Waals surface area contributed by atoms with Gasteiger partial charge in [-0.3, -0.25) is 0 Å². The normalized spacial score (nSPS) is 24.0. The van der Waals surface area contributed by atoms with Crippen LogP contribution >= 0.6 is 0 Å². The molecule has 0 aromatic heterocycles. The van der Waals surface area contributed by atoms with Crippen LogP contribution in [0, 0.1) is 0 Å². The van der Waals surface area contributed by atoms with E-state index in [4.69, 9.17) is 0 Å². The van der Waals surface area contributed by atoms with Crippen molar-refractivity contribution >= 4 is 5.69 Å². The Morgan fingerprint density at radius 3 is 2.58 bits per heavy atom. The summed E-state index contributed by atoms with van der Waals surface area (Å²) in [6, 6.07) is 8.08. The number of hydrogen-bond acceptors (Lipinski definition) is 3. The van der Waals surface area contributed by atoms with E-state index in [9.17, 15) is 0 Å². The zero-order chi connectivity index (χ0) is 17.4. The summed E-state index contributed by atoms with van der Waals surface area (Å²) in [5.74, 6) is 0. The predicted octanol–water partition coefficient (Wildman–Crippen LogP) is 3.87. The Morgan fingerprint density at radius 2 is 1.88 bits per heavy atom. The van der Waals surface area contributed by atoms with E-state index >= 15 is 0 Å². The Labute approximate surface area is 148 Å². The van der Waals surface area contributed by atoms with Crippen LogP contribution in [0.3, 0.4) is 0 Å². The monoisotopic (exact) mass is 329 g/mol. The van der Waals surface area contributed by atoms with Gasteiger partial charge in [0.2, 0.25) is 0 Å². The van der Waals surface area contributed by atoms with Crippen molar-refractivity contribution in [2.45, 2.75) is 89.9 Å². The van der Waals surface area contributed by atoms with Gasteiger partial charge in [0.15, 0.2) is 0 Å². The van der Waals surface area contributed by atoms with E-state index in [2.05, 4.69) is 68.8 Å². The van der Waals surface area contributed by atoms with Crippen LogP contribution in [0.1, 0.15) is 65.0 Å². The quantitative estimate of drug-likeness (QED) is 0.785. The molecule has 3 heteroatoms. The zero-order valence-electron chi connectivity index (χ0n) is 16.1. The predicted molar refractivity (Wildman–Crippen MR) is 104 cm³/mol. The summed E-state index contributed by atoms with van der Waals surface area (Å²) < 4.78 is 0. The molecular weight excluding hydrogens is 294 g/mol. The average Bonchev–Trinajstić information content (AvgIpc) is 2.43. The Bertz CT molecular complexity index is 560. The number of hydrogen-bond donors (Lipinski definition) is 3. The lowest BCUT2D eigenvalue weighted by Gasteiger charge is -2.47. The van der Waals surface area contributed by atoms with Gasteiger partial charge >= 0.3 is 0 Å². The molecule has 0 spiro atoms. The maximum Gasteiger partial charge on any atom is 0.0372 e. The highest BCUT2D eigenvalue weighted by atomic mass is 15.1. The van der Waals surface area contributed by atoms with E-state index in [0.717, 1.165) is 13.0 Å². The molecule has 3 nitrogen and oxygen atoms in total. The fourth-order valence-corrected chi connectivity index (χ4v) is 4.91. The molecule has 1 fully saturated rings. The largest absolute Gasteiger partial charge is 0.385 e. The second-order valence-electron chi connectivity index (χ2n) is 9.29.